The first-order chi connectivity index (χ1) is 7.51. The van der Waals surface area contributed by atoms with Gasteiger partial charge < -0.3 is 10.3 Å². The number of aromatic nitrogens is 2. The van der Waals surface area contributed by atoms with Crippen LogP contribution in [0.15, 0.2) is 12.4 Å². The van der Waals surface area contributed by atoms with Crippen LogP contribution in [0.4, 0.5) is 0 Å². The maximum absolute atomic E-state index is 11.9. The molecule has 1 atom stereocenters. The summed E-state index contributed by atoms with van der Waals surface area (Å²) < 4.78 is 0. The number of halogens is 1. The molecule has 0 saturated carbocycles. The summed E-state index contributed by atoms with van der Waals surface area (Å²) in [5.41, 5.74) is -0.554. The highest BCUT2D eigenvalue weighted by molar-refractivity contribution is 6.19. The summed E-state index contributed by atoms with van der Waals surface area (Å²) in [4.78, 5) is 19.1. The van der Waals surface area contributed by atoms with Gasteiger partial charge in [-0.3, -0.25) is 4.79 Å². The molecule has 2 N–H and O–H groups in total. The van der Waals surface area contributed by atoms with E-state index in [1.54, 1.807) is 12.4 Å². The van der Waals surface area contributed by atoms with Gasteiger partial charge in [0.05, 0.1) is 11.5 Å². The maximum Gasteiger partial charge on any atom is 0.227 e. The minimum absolute atomic E-state index is 0.0502. The van der Waals surface area contributed by atoms with Crippen molar-refractivity contribution in [1.29, 1.82) is 0 Å². The van der Waals surface area contributed by atoms with E-state index in [0.717, 1.165) is 12.2 Å². The Morgan fingerprint density at radius 3 is 2.81 bits per heavy atom. The normalized spacial score (nSPS) is 13.5. The molecule has 1 rings (SSSR count). The predicted molar refractivity (Wildman–Crippen MR) is 64.3 cm³/mol. The average molecular weight is 244 g/mol. The molecule has 90 valence electrons. The van der Waals surface area contributed by atoms with Crippen LogP contribution in [0.3, 0.4) is 0 Å². The molecule has 0 aromatic carbocycles. The molecule has 0 aliphatic heterocycles. The largest absolute Gasteiger partial charge is 0.347 e. The highest BCUT2D eigenvalue weighted by Gasteiger charge is 2.28. The van der Waals surface area contributed by atoms with Gasteiger partial charge in [0, 0.05) is 18.3 Å². The number of H-pyrrole nitrogens is 1. The summed E-state index contributed by atoms with van der Waals surface area (Å²) in [5, 5.41) is 2.94. The molecule has 0 bridgehead atoms. The predicted octanol–water partition coefficient (Wildman–Crippen LogP) is 2.24. The SMILES string of the molecule is CCC(NC(=O)C(C)(C)CCl)c1ncc[nH]1. The van der Waals surface area contributed by atoms with Gasteiger partial charge in [0.15, 0.2) is 0 Å². The zero-order chi connectivity index (χ0) is 12.2. The topological polar surface area (TPSA) is 57.8 Å². The van der Waals surface area contributed by atoms with E-state index in [0.29, 0.717) is 5.88 Å². The molecule has 0 radical (unpaired) electrons. The van der Waals surface area contributed by atoms with Crippen molar-refractivity contribution in [2.75, 3.05) is 5.88 Å². The lowest BCUT2D eigenvalue weighted by Crippen LogP contribution is -2.40. The Morgan fingerprint density at radius 1 is 1.69 bits per heavy atom. The molecular weight excluding hydrogens is 226 g/mol. The second kappa shape index (κ2) is 5.34. The highest BCUT2D eigenvalue weighted by Crippen LogP contribution is 2.20. The Kier molecular flexibility index (Phi) is 4.35. The number of amides is 1. The fourth-order valence-electron chi connectivity index (χ4n) is 1.25. The molecule has 1 unspecified atom stereocenters. The van der Waals surface area contributed by atoms with Crippen molar-refractivity contribution in [3.05, 3.63) is 18.2 Å². The Bertz CT molecular complexity index is 335. The monoisotopic (exact) mass is 243 g/mol. The third-order valence-electron chi connectivity index (χ3n) is 2.51. The van der Waals surface area contributed by atoms with Crippen LogP contribution in [0.2, 0.25) is 0 Å². The molecule has 0 aliphatic carbocycles. The Morgan fingerprint density at radius 2 is 2.38 bits per heavy atom. The molecule has 4 nitrogen and oxygen atoms in total. The highest BCUT2D eigenvalue weighted by atomic mass is 35.5. The standard InChI is InChI=1S/C11H18ClN3O/c1-4-8(9-13-5-6-14-9)15-10(16)11(2,3)7-12/h5-6,8H,4,7H2,1-3H3,(H,13,14)(H,15,16). The summed E-state index contributed by atoms with van der Waals surface area (Å²) in [6.07, 6.45) is 4.21. The van der Waals surface area contributed by atoms with Gasteiger partial charge in [0.1, 0.15) is 5.82 Å². The fourth-order valence-corrected chi connectivity index (χ4v) is 1.37. The van der Waals surface area contributed by atoms with E-state index in [2.05, 4.69) is 15.3 Å². The van der Waals surface area contributed by atoms with E-state index in [1.807, 2.05) is 20.8 Å². The zero-order valence-electron chi connectivity index (χ0n) is 9.88. The van der Waals surface area contributed by atoms with Crippen LogP contribution in [0, 0.1) is 5.41 Å². The van der Waals surface area contributed by atoms with Crippen LogP contribution in [0.25, 0.3) is 0 Å². The van der Waals surface area contributed by atoms with Gasteiger partial charge in [-0.2, -0.15) is 0 Å². The van der Waals surface area contributed by atoms with Crippen molar-refractivity contribution in [1.82, 2.24) is 15.3 Å². The van der Waals surface area contributed by atoms with Crippen molar-refractivity contribution >= 4 is 17.5 Å². The van der Waals surface area contributed by atoms with E-state index in [-0.39, 0.29) is 11.9 Å². The van der Waals surface area contributed by atoms with E-state index in [1.165, 1.54) is 0 Å². The number of rotatable bonds is 5. The van der Waals surface area contributed by atoms with Crippen LogP contribution < -0.4 is 5.32 Å². The van der Waals surface area contributed by atoms with Crippen molar-refractivity contribution in [3.63, 3.8) is 0 Å². The number of carbonyl (C=O) groups is 1. The van der Waals surface area contributed by atoms with E-state index in [9.17, 15) is 4.79 Å². The molecular formula is C11H18ClN3O. The Balaban J connectivity index is 2.68. The lowest BCUT2D eigenvalue weighted by atomic mass is 9.94. The number of carbonyl (C=O) groups excluding carboxylic acids is 1. The summed E-state index contributed by atoms with van der Waals surface area (Å²) in [6.45, 7) is 5.65. The number of imidazole rings is 1. The first kappa shape index (κ1) is 13.0. The number of aromatic amines is 1. The molecule has 0 spiro atoms. The van der Waals surface area contributed by atoms with Gasteiger partial charge in [-0.1, -0.05) is 6.92 Å². The number of nitrogens with zero attached hydrogens (tertiary/aromatic N) is 1. The smallest absolute Gasteiger partial charge is 0.227 e. The molecule has 1 amide bonds. The zero-order valence-corrected chi connectivity index (χ0v) is 10.6. The van der Waals surface area contributed by atoms with Crippen molar-refractivity contribution in [2.24, 2.45) is 5.41 Å². The molecule has 1 heterocycles. The van der Waals surface area contributed by atoms with Crippen molar-refractivity contribution < 1.29 is 4.79 Å². The number of nitrogens with one attached hydrogen (secondary N) is 2. The lowest BCUT2D eigenvalue weighted by molar-refractivity contribution is -0.129. The van der Waals surface area contributed by atoms with Crippen LogP contribution in [0.1, 0.15) is 39.1 Å². The second-order valence-corrected chi connectivity index (χ2v) is 4.69. The molecule has 1 aromatic heterocycles. The van der Waals surface area contributed by atoms with Crippen LogP contribution >= 0.6 is 11.6 Å². The Labute approximate surface area is 101 Å². The van der Waals surface area contributed by atoms with Crippen LogP contribution in [-0.4, -0.2) is 21.8 Å². The van der Waals surface area contributed by atoms with Gasteiger partial charge in [0.25, 0.3) is 0 Å². The number of alkyl halides is 1. The number of hydrogen-bond donors (Lipinski definition) is 2. The van der Waals surface area contributed by atoms with Crippen LogP contribution in [-0.2, 0) is 4.79 Å². The van der Waals surface area contributed by atoms with Gasteiger partial charge in [0.2, 0.25) is 5.91 Å². The molecule has 0 aliphatic rings. The quantitative estimate of drug-likeness (QED) is 0.780. The van der Waals surface area contributed by atoms with E-state index < -0.39 is 5.41 Å². The van der Waals surface area contributed by atoms with Gasteiger partial charge in [-0.15, -0.1) is 11.6 Å². The van der Waals surface area contributed by atoms with E-state index >= 15 is 0 Å². The van der Waals surface area contributed by atoms with Gasteiger partial charge in [-0.05, 0) is 20.3 Å². The lowest BCUT2D eigenvalue weighted by Gasteiger charge is -2.24. The molecule has 0 fully saturated rings. The van der Waals surface area contributed by atoms with Crippen LogP contribution in [0.5, 0.6) is 0 Å². The summed E-state index contributed by atoms with van der Waals surface area (Å²) in [5.74, 6) is 1.03. The van der Waals surface area contributed by atoms with Crippen molar-refractivity contribution in [2.45, 2.75) is 33.2 Å². The average Bonchev–Trinajstić information content (AvgIpc) is 2.78. The minimum atomic E-state index is -0.554. The maximum atomic E-state index is 11.9. The van der Waals surface area contributed by atoms with E-state index in [4.69, 9.17) is 11.6 Å². The minimum Gasteiger partial charge on any atom is -0.347 e. The molecule has 0 saturated heterocycles. The summed E-state index contributed by atoms with van der Waals surface area (Å²) in [7, 11) is 0. The molecule has 1 aromatic rings. The van der Waals surface area contributed by atoms with Crippen molar-refractivity contribution in [3.8, 4) is 0 Å². The van der Waals surface area contributed by atoms with Gasteiger partial charge in [-0.25, -0.2) is 4.98 Å². The summed E-state index contributed by atoms with van der Waals surface area (Å²) >= 11 is 5.76. The first-order valence-electron chi connectivity index (χ1n) is 5.37. The number of hydrogen-bond acceptors (Lipinski definition) is 2. The molecule has 5 heteroatoms. The third-order valence-corrected chi connectivity index (χ3v) is 3.18. The molecule has 16 heavy (non-hydrogen) atoms. The fraction of sp³-hybridized carbons (Fsp3) is 0.636. The second-order valence-electron chi connectivity index (χ2n) is 4.43. The van der Waals surface area contributed by atoms with Gasteiger partial charge >= 0.3 is 0 Å². The summed E-state index contributed by atoms with van der Waals surface area (Å²) in [6, 6.07) is -0.0787. The first-order valence-corrected chi connectivity index (χ1v) is 5.91. The Hall–Kier alpha value is -1.03. The third kappa shape index (κ3) is 2.98.